The third-order valence-electron chi connectivity index (χ3n) is 3.81. The first-order chi connectivity index (χ1) is 10.0. The summed E-state index contributed by atoms with van der Waals surface area (Å²) in [5, 5.41) is 11.8. The van der Waals surface area contributed by atoms with Crippen LogP contribution in [0.25, 0.3) is 0 Å². The Morgan fingerprint density at radius 3 is 2.43 bits per heavy atom. The second-order valence-electron chi connectivity index (χ2n) is 5.19. The van der Waals surface area contributed by atoms with Gasteiger partial charge in [-0.1, -0.05) is 6.92 Å². The van der Waals surface area contributed by atoms with E-state index in [-0.39, 0.29) is 11.6 Å². The molecule has 0 unspecified atom stereocenters. The zero-order chi connectivity index (χ0) is 15.4. The molecule has 0 saturated carbocycles. The topological polar surface area (TPSA) is 72.9 Å². The van der Waals surface area contributed by atoms with Crippen molar-refractivity contribution in [3.05, 3.63) is 29.3 Å². The van der Waals surface area contributed by atoms with Crippen molar-refractivity contribution in [1.82, 2.24) is 9.80 Å². The summed E-state index contributed by atoms with van der Waals surface area (Å²) in [5.41, 5.74) is 1.51. The monoisotopic (exact) mass is 291 g/mol. The maximum absolute atomic E-state index is 12.2. The average molecular weight is 291 g/mol. The number of nitrogens with one attached hydrogen (secondary N) is 1. The molecule has 0 radical (unpaired) electrons. The molecule has 21 heavy (non-hydrogen) atoms. The van der Waals surface area contributed by atoms with Crippen molar-refractivity contribution in [2.75, 3.05) is 38.0 Å². The Labute approximate surface area is 124 Å². The van der Waals surface area contributed by atoms with Gasteiger partial charge in [-0.3, -0.25) is 0 Å². The van der Waals surface area contributed by atoms with Crippen molar-refractivity contribution in [1.29, 1.82) is 0 Å². The molecule has 1 aromatic carbocycles. The summed E-state index contributed by atoms with van der Waals surface area (Å²) < 4.78 is 0. The first kappa shape index (κ1) is 15.3. The normalized spacial score (nSPS) is 15.8. The van der Waals surface area contributed by atoms with Gasteiger partial charge in [-0.25, -0.2) is 9.59 Å². The number of hydrogen-bond donors (Lipinski definition) is 2. The standard InChI is InChI=1S/C15H21N3O3/c1-3-17-6-8-18(9-7-17)15(21)16-12-4-5-13(14(19)20)11(2)10-12/h4-5,10H,3,6-9H2,1-2H3,(H,16,21)(H,19,20). The summed E-state index contributed by atoms with van der Waals surface area (Å²) in [6.07, 6.45) is 0. The largest absolute Gasteiger partial charge is 0.478 e. The van der Waals surface area contributed by atoms with Crippen LogP contribution in [0.1, 0.15) is 22.8 Å². The summed E-state index contributed by atoms with van der Waals surface area (Å²) in [6.45, 7) is 8.05. The van der Waals surface area contributed by atoms with Gasteiger partial charge in [-0.15, -0.1) is 0 Å². The van der Waals surface area contributed by atoms with E-state index in [1.54, 1.807) is 24.0 Å². The molecular formula is C15H21N3O3. The number of carboxylic acids is 1. The first-order valence-electron chi connectivity index (χ1n) is 7.13. The Morgan fingerprint density at radius 2 is 1.90 bits per heavy atom. The Kier molecular flexibility index (Phi) is 4.80. The molecule has 1 aromatic rings. The number of carbonyl (C=O) groups excluding carboxylic acids is 1. The van der Waals surface area contributed by atoms with Crippen LogP contribution in [0.15, 0.2) is 18.2 Å². The van der Waals surface area contributed by atoms with Crippen molar-refractivity contribution in [3.63, 3.8) is 0 Å². The van der Waals surface area contributed by atoms with E-state index >= 15 is 0 Å². The maximum atomic E-state index is 12.2. The van der Waals surface area contributed by atoms with Gasteiger partial charge in [-0.2, -0.15) is 0 Å². The molecule has 1 heterocycles. The van der Waals surface area contributed by atoms with Crippen LogP contribution in [0, 0.1) is 6.92 Å². The summed E-state index contributed by atoms with van der Waals surface area (Å²) in [5.74, 6) is -0.957. The molecule has 1 saturated heterocycles. The fraction of sp³-hybridized carbons (Fsp3) is 0.467. The van der Waals surface area contributed by atoms with Gasteiger partial charge in [0, 0.05) is 31.9 Å². The molecule has 0 aromatic heterocycles. The molecule has 6 heteroatoms. The quantitative estimate of drug-likeness (QED) is 0.891. The minimum atomic E-state index is -0.957. The van der Waals surface area contributed by atoms with Crippen molar-refractivity contribution in [2.45, 2.75) is 13.8 Å². The molecule has 1 aliphatic rings. The van der Waals surface area contributed by atoms with Crippen LogP contribution in [0.5, 0.6) is 0 Å². The lowest BCUT2D eigenvalue weighted by atomic mass is 10.1. The fourth-order valence-electron chi connectivity index (χ4n) is 2.45. The van der Waals surface area contributed by atoms with Crippen LogP contribution >= 0.6 is 0 Å². The Bertz CT molecular complexity index is 537. The highest BCUT2D eigenvalue weighted by Crippen LogP contribution is 2.16. The van der Waals surface area contributed by atoms with Gasteiger partial charge in [0.15, 0.2) is 0 Å². The van der Waals surface area contributed by atoms with E-state index in [1.165, 1.54) is 6.07 Å². The highest BCUT2D eigenvalue weighted by Gasteiger charge is 2.20. The number of amides is 2. The Hall–Kier alpha value is -2.08. The van der Waals surface area contributed by atoms with Crippen molar-refractivity contribution in [3.8, 4) is 0 Å². The number of aromatic carboxylic acids is 1. The maximum Gasteiger partial charge on any atom is 0.335 e. The molecule has 2 amide bonds. The lowest BCUT2D eigenvalue weighted by molar-refractivity contribution is 0.0696. The Balaban J connectivity index is 1.97. The number of aryl methyl sites for hydroxylation is 1. The summed E-state index contributed by atoms with van der Waals surface area (Å²) >= 11 is 0. The third-order valence-corrected chi connectivity index (χ3v) is 3.81. The summed E-state index contributed by atoms with van der Waals surface area (Å²) in [6, 6.07) is 4.69. The molecule has 2 N–H and O–H groups in total. The molecule has 1 fully saturated rings. The lowest BCUT2D eigenvalue weighted by Crippen LogP contribution is -2.49. The van der Waals surface area contributed by atoms with Crippen LogP contribution in [-0.4, -0.2) is 59.6 Å². The van der Waals surface area contributed by atoms with Crippen molar-refractivity contribution < 1.29 is 14.7 Å². The van der Waals surface area contributed by atoms with Gasteiger partial charge in [0.1, 0.15) is 0 Å². The predicted molar refractivity (Wildman–Crippen MR) is 80.8 cm³/mol. The van der Waals surface area contributed by atoms with Gasteiger partial charge in [0.25, 0.3) is 0 Å². The molecule has 1 aliphatic heterocycles. The number of rotatable bonds is 3. The van der Waals surface area contributed by atoms with Gasteiger partial charge in [0.2, 0.25) is 0 Å². The number of piperazine rings is 1. The number of hydrogen-bond acceptors (Lipinski definition) is 3. The van der Waals surface area contributed by atoms with E-state index in [1.807, 2.05) is 0 Å². The van der Waals surface area contributed by atoms with E-state index in [4.69, 9.17) is 5.11 Å². The molecular weight excluding hydrogens is 270 g/mol. The minimum absolute atomic E-state index is 0.131. The second-order valence-corrected chi connectivity index (χ2v) is 5.19. The number of nitrogens with zero attached hydrogens (tertiary/aromatic N) is 2. The number of carboxylic acid groups (broad SMARTS) is 1. The zero-order valence-electron chi connectivity index (χ0n) is 12.4. The van der Waals surface area contributed by atoms with Gasteiger partial charge in [0.05, 0.1) is 5.56 Å². The molecule has 0 spiro atoms. The first-order valence-corrected chi connectivity index (χ1v) is 7.13. The highest BCUT2D eigenvalue weighted by molar-refractivity contribution is 5.92. The minimum Gasteiger partial charge on any atom is -0.478 e. The fourth-order valence-corrected chi connectivity index (χ4v) is 2.45. The van der Waals surface area contributed by atoms with Crippen LogP contribution in [0.2, 0.25) is 0 Å². The van der Waals surface area contributed by atoms with E-state index < -0.39 is 5.97 Å². The van der Waals surface area contributed by atoms with E-state index in [0.717, 1.165) is 19.6 Å². The third kappa shape index (κ3) is 3.72. The predicted octanol–water partition coefficient (Wildman–Crippen LogP) is 1.86. The number of urea groups is 1. The van der Waals surface area contributed by atoms with Crippen LogP contribution in [0.4, 0.5) is 10.5 Å². The molecule has 0 atom stereocenters. The van der Waals surface area contributed by atoms with Crippen molar-refractivity contribution in [2.24, 2.45) is 0 Å². The van der Waals surface area contributed by atoms with Gasteiger partial charge < -0.3 is 20.2 Å². The van der Waals surface area contributed by atoms with E-state index in [2.05, 4.69) is 17.1 Å². The number of anilines is 1. The van der Waals surface area contributed by atoms with Gasteiger partial charge in [-0.05, 0) is 37.2 Å². The smallest absolute Gasteiger partial charge is 0.335 e. The summed E-state index contributed by atoms with van der Waals surface area (Å²) in [4.78, 5) is 27.2. The van der Waals surface area contributed by atoms with Crippen LogP contribution in [0.3, 0.4) is 0 Å². The molecule has 2 rings (SSSR count). The van der Waals surface area contributed by atoms with E-state index in [9.17, 15) is 9.59 Å². The average Bonchev–Trinajstić information content (AvgIpc) is 2.47. The highest BCUT2D eigenvalue weighted by atomic mass is 16.4. The number of carbonyl (C=O) groups is 2. The van der Waals surface area contributed by atoms with Gasteiger partial charge >= 0.3 is 12.0 Å². The molecule has 0 bridgehead atoms. The molecule has 114 valence electrons. The van der Waals surface area contributed by atoms with E-state index in [0.29, 0.717) is 24.3 Å². The van der Waals surface area contributed by atoms with Crippen molar-refractivity contribution >= 4 is 17.7 Å². The lowest BCUT2D eigenvalue weighted by Gasteiger charge is -2.34. The zero-order valence-corrected chi connectivity index (χ0v) is 12.4. The number of benzene rings is 1. The SMILES string of the molecule is CCN1CCN(C(=O)Nc2ccc(C(=O)O)c(C)c2)CC1. The Morgan fingerprint density at radius 1 is 1.24 bits per heavy atom. The van der Waals surface area contributed by atoms with Crippen LogP contribution < -0.4 is 5.32 Å². The summed E-state index contributed by atoms with van der Waals surface area (Å²) in [7, 11) is 0. The second kappa shape index (κ2) is 6.58. The molecule has 6 nitrogen and oxygen atoms in total. The van der Waals surface area contributed by atoms with Crippen LogP contribution in [-0.2, 0) is 0 Å². The number of likely N-dealkylation sites (N-methyl/N-ethyl adjacent to an activating group) is 1. The molecule has 0 aliphatic carbocycles.